The Labute approximate surface area is 382 Å². The van der Waals surface area contributed by atoms with Gasteiger partial charge in [0.15, 0.2) is 0 Å². The first kappa shape index (κ1) is 36.6. The summed E-state index contributed by atoms with van der Waals surface area (Å²) in [5, 5.41) is 7.03. The summed E-state index contributed by atoms with van der Waals surface area (Å²) in [4.78, 5) is 2.62. The van der Waals surface area contributed by atoms with Crippen LogP contribution in [0.25, 0.3) is 105 Å². The van der Waals surface area contributed by atoms with Crippen molar-refractivity contribution in [2.24, 2.45) is 0 Å². The summed E-state index contributed by atoms with van der Waals surface area (Å²) in [5.41, 5.74) is 23.2. The molecule has 0 N–H and O–H groups in total. The van der Waals surface area contributed by atoms with Crippen molar-refractivity contribution in [3.63, 3.8) is 0 Å². The van der Waals surface area contributed by atoms with Crippen LogP contribution >= 0.6 is 0 Å². The average Bonchev–Trinajstić information content (AvgIpc) is 4.06. The van der Waals surface area contributed by atoms with Gasteiger partial charge in [-0.25, -0.2) is 0 Å². The van der Waals surface area contributed by atoms with Crippen LogP contribution in [-0.2, 0) is 10.8 Å². The third-order valence-corrected chi connectivity index (χ3v) is 15.5. The number of rotatable bonds is 2. The molecular weight excluding hydrogens is 803 g/mol. The molecule has 3 aromatic heterocycles. The van der Waals surface area contributed by atoms with Crippen molar-refractivity contribution in [3.8, 4) is 39.1 Å². The zero-order chi connectivity index (χ0) is 44.0. The van der Waals surface area contributed by atoms with Crippen LogP contribution in [-0.4, -0.2) is 11.4 Å². The average molecular weight is 847 g/mol. The van der Waals surface area contributed by atoms with Crippen molar-refractivity contribution in [1.29, 1.82) is 0 Å². The molecule has 5 heteroatoms. The molecule has 0 radical (unpaired) electrons. The topological polar surface area (TPSA) is 34.5 Å². The minimum absolute atomic E-state index is 0.0501. The Bertz CT molecular complexity index is 4120. The van der Waals surface area contributed by atoms with Crippen LogP contribution in [0.2, 0.25) is 0 Å². The molecule has 0 unspecified atom stereocenters. The molecule has 0 saturated carbocycles. The van der Waals surface area contributed by atoms with Crippen molar-refractivity contribution in [1.82, 2.24) is 4.57 Å². The number of anilines is 2. The highest BCUT2D eigenvalue weighted by Crippen LogP contribution is 2.55. The summed E-state index contributed by atoms with van der Waals surface area (Å²) in [7, 11) is 0. The van der Waals surface area contributed by atoms with Gasteiger partial charge in [0.1, 0.15) is 22.3 Å². The van der Waals surface area contributed by atoms with Crippen molar-refractivity contribution >= 4 is 94.8 Å². The minimum atomic E-state index is -0.212. The molecule has 1 aliphatic carbocycles. The Morgan fingerprint density at radius 1 is 0.515 bits per heavy atom. The summed E-state index contributed by atoms with van der Waals surface area (Å²) < 4.78 is 16.7. The third-order valence-electron chi connectivity index (χ3n) is 15.5. The first-order valence-electron chi connectivity index (χ1n) is 23.3. The van der Waals surface area contributed by atoms with Crippen LogP contribution in [0.4, 0.5) is 11.4 Å². The lowest BCUT2D eigenvalue weighted by molar-refractivity contribution is 0.591. The fraction of sp³-hybridized carbons (Fsp3) is 0.115. The summed E-state index contributed by atoms with van der Waals surface area (Å²) >= 11 is 0. The van der Waals surface area contributed by atoms with Gasteiger partial charge in [-0.15, -0.1) is 0 Å². The van der Waals surface area contributed by atoms with Crippen molar-refractivity contribution < 1.29 is 8.83 Å². The zero-order valence-corrected chi connectivity index (χ0v) is 37.5. The normalized spacial score (nSPS) is 14.5. The van der Waals surface area contributed by atoms with Gasteiger partial charge in [0, 0.05) is 72.0 Å². The van der Waals surface area contributed by atoms with E-state index in [0.717, 1.165) is 61.0 Å². The van der Waals surface area contributed by atoms with Gasteiger partial charge in [0.25, 0.3) is 0 Å². The highest BCUT2D eigenvalue weighted by atomic mass is 16.3. The van der Waals surface area contributed by atoms with Crippen LogP contribution in [0.3, 0.4) is 0 Å². The molecule has 15 rings (SSSR count). The van der Waals surface area contributed by atoms with Crippen molar-refractivity contribution in [2.75, 3.05) is 4.81 Å². The van der Waals surface area contributed by atoms with Crippen LogP contribution in [0, 0.1) is 0 Å². The molecule has 9 aromatic carbocycles. The largest absolute Gasteiger partial charge is 0.456 e. The van der Waals surface area contributed by atoms with Crippen molar-refractivity contribution in [3.05, 3.63) is 187 Å². The number of para-hydroxylation sites is 2. The van der Waals surface area contributed by atoms with Crippen molar-refractivity contribution in [2.45, 2.75) is 45.4 Å². The lowest BCUT2D eigenvalue weighted by Gasteiger charge is -2.42. The molecule has 312 valence electrons. The Balaban J connectivity index is 1.17. The highest BCUT2D eigenvalue weighted by molar-refractivity contribution is 6.94. The van der Waals surface area contributed by atoms with Gasteiger partial charge in [-0.3, -0.25) is 0 Å². The third kappa shape index (κ3) is 4.55. The number of fused-ring (bicyclic) bond motifs is 19. The maximum Gasteiger partial charge on any atom is 0.333 e. The van der Waals surface area contributed by atoms with Gasteiger partial charge in [-0.05, 0) is 104 Å². The number of nitrogens with zero attached hydrogens (tertiary/aromatic N) is 2. The summed E-state index contributed by atoms with van der Waals surface area (Å²) in [6.07, 6.45) is 0. The van der Waals surface area contributed by atoms with Crippen LogP contribution in [0.5, 0.6) is 0 Å². The first-order valence-corrected chi connectivity index (χ1v) is 23.3. The predicted molar refractivity (Wildman–Crippen MR) is 276 cm³/mol. The summed E-state index contributed by atoms with van der Waals surface area (Å²) in [6.45, 7) is 11.6. The van der Waals surface area contributed by atoms with Gasteiger partial charge in [-0.2, -0.15) is 0 Å². The summed E-state index contributed by atoms with van der Waals surface area (Å²) in [5.74, 6) is 0. The van der Waals surface area contributed by atoms with E-state index >= 15 is 0 Å². The number of benzene rings is 9. The van der Waals surface area contributed by atoms with Crippen LogP contribution < -0.4 is 15.7 Å². The molecular formula is C61H43BN2O2. The molecule has 0 atom stereocenters. The second-order valence-corrected chi connectivity index (χ2v) is 20.4. The number of hydrogen-bond acceptors (Lipinski definition) is 3. The quantitative estimate of drug-likeness (QED) is 0.163. The Morgan fingerprint density at radius 2 is 1.23 bits per heavy atom. The van der Waals surface area contributed by atoms with E-state index in [2.05, 4.69) is 214 Å². The molecule has 3 aliphatic rings. The Morgan fingerprint density at radius 3 is 2.03 bits per heavy atom. The SMILES string of the molecule is CC(C)(C)c1ccc2c(c1)c1c3c(oc4ccccc43)c3c4c1n2-c1cc2c(cc1B4N(c1ccc(-c4ccccc4)cc1)c1cc4oc5ccccc5c4cc1-3)C(C)(C)c1ccccc1-2. The van der Waals surface area contributed by atoms with Gasteiger partial charge in [0.2, 0.25) is 0 Å². The molecule has 0 bridgehead atoms. The molecule has 4 nitrogen and oxygen atoms in total. The monoisotopic (exact) mass is 846 g/mol. The van der Waals surface area contributed by atoms with E-state index in [1.165, 1.54) is 82.7 Å². The molecule has 0 saturated heterocycles. The molecule has 66 heavy (non-hydrogen) atoms. The molecule has 0 fully saturated rings. The molecule has 2 aliphatic heterocycles. The second-order valence-electron chi connectivity index (χ2n) is 20.4. The second kappa shape index (κ2) is 12.3. The zero-order valence-electron chi connectivity index (χ0n) is 37.5. The van der Waals surface area contributed by atoms with E-state index in [1.54, 1.807) is 0 Å². The number of aromatic nitrogens is 1. The predicted octanol–water partition coefficient (Wildman–Crippen LogP) is 15.1. The molecule has 0 amide bonds. The van der Waals surface area contributed by atoms with E-state index in [1.807, 2.05) is 0 Å². The van der Waals surface area contributed by atoms with Gasteiger partial charge < -0.3 is 18.2 Å². The first-order chi connectivity index (χ1) is 32.1. The minimum Gasteiger partial charge on any atom is -0.456 e. The number of furan rings is 2. The smallest absolute Gasteiger partial charge is 0.333 e. The van der Waals surface area contributed by atoms with Crippen LogP contribution in [0.1, 0.15) is 51.3 Å². The molecule has 12 aromatic rings. The maximum absolute atomic E-state index is 7.32. The van der Waals surface area contributed by atoms with E-state index < -0.39 is 0 Å². The Hall–Kier alpha value is -7.76. The maximum atomic E-state index is 7.32. The van der Waals surface area contributed by atoms with Gasteiger partial charge in [-0.1, -0.05) is 150 Å². The lowest BCUT2D eigenvalue weighted by atomic mass is 9.43. The lowest BCUT2D eigenvalue weighted by Crippen LogP contribution is -2.60. The standard InChI is InChI=1S/C61H43BN2O2/c1-60(2,3)36-25-28-48-43(29-36)54-55-40-19-11-14-22-52(40)66-59(55)56-44-30-42-39-18-10-13-21-51(39)65-53(42)33-49(44)64(37-26-23-35(24-27-37)34-15-7-6-8-16-34)62-47-32-46-41(31-50(47)63(48)58(54)57(56)62)38-17-9-12-20-45(38)61(46,4)5/h6-33H,1-5H3. The van der Waals surface area contributed by atoms with E-state index in [-0.39, 0.29) is 17.7 Å². The van der Waals surface area contributed by atoms with E-state index in [9.17, 15) is 0 Å². The van der Waals surface area contributed by atoms with Gasteiger partial charge in [0.05, 0.1) is 11.0 Å². The molecule has 0 spiro atoms. The fourth-order valence-corrected chi connectivity index (χ4v) is 12.4. The van der Waals surface area contributed by atoms with E-state index in [4.69, 9.17) is 8.83 Å². The highest BCUT2D eigenvalue weighted by Gasteiger charge is 2.48. The molecule has 5 heterocycles. The summed E-state index contributed by atoms with van der Waals surface area (Å²) in [6, 6.07) is 63.1. The van der Waals surface area contributed by atoms with Gasteiger partial charge >= 0.3 is 6.85 Å². The van der Waals surface area contributed by atoms with Crippen LogP contribution in [0.15, 0.2) is 179 Å². The fourth-order valence-electron chi connectivity index (χ4n) is 12.4. The Kier molecular flexibility index (Phi) is 6.83. The number of hydrogen-bond donors (Lipinski definition) is 0. The van der Waals surface area contributed by atoms with E-state index in [0.29, 0.717) is 0 Å².